The first-order chi connectivity index (χ1) is 12.8. The number of rotatable bonds is 5. The van der Waals surface area contributed by atoms with Crippen molar-refractivity contribution < 1.29 is 9.21 Å². The van der Waals surface area contributed by atoms with Crippen LogP contribution in [0.1, 0.15) is 15.9 Å². The highest BCUT2D eigenvalue weighted by Crippen LogP contribution is 2.27. The van der Waals surface area contributed by atoms with Crippen LogP contribution in [0.15, 0.2) is 82.7 Å². The Balaban J connectivity index is 1.51. The molecule has 2 aromatic heterocycles. The maximum atomic E-state index is 12.6. The Morgan fingerprint density at radius 3 is 2.73 bits per heavy atom. The Morgan fingerprint density at radius 1 is 1.04 bits per heavy atom. The van der Waals surface area contributed by atoms with Gasteiger partial charge in [-0.15, -0.1) is 0 Å². The Kier molecular flexibility index (Phi) is 4.66. The monoisotopic (exact) mass is 361 g/mol. The highest BCUT2D eigenvalue weighted by atomic mass is 32.2. The molecule has 0 unspecified atom stereocenters. The van der Waals surface area contributed by atoms with E-state index in [0.717, 1.165) is 16.7 Å². The summed E-state index contributed by atoms with van der Waals surface area (Å²) in [7, 11) is 0. The average molecular weight is 361 g/mol. The van der Waals surface area contributed by atoms with Gasteiger partial charge in [-0.05, 0) is 35.9 Å². The van der Waals surface area contributed by atoms with Crippen molar-refractivity contribution in [2.24, 2.45) is 0 Å². The lowest BCUT2D eigenvalue weighted by molar-refractivity contribution is 0.102. The van der Waals surface area contributed by atoms with Gasteiger partial charge < -0.3 is 9.73 Å². The second-order valence-electron chi connectivity index (χ2n) is 5.59. The molecule has 6 heteroatoms. The van der Waals surface area contributed by atoms with Crippen molar-refractivity contribution in [2.75, 3.05) is 5.32 Å². The van der Waals surface area contributed by atoms with Gasteiger partial charge in [0.25, 0.3) is 11.1 Å². The smallest absolute Gasteiger partial charge is 0.257 e. The second-order valence-corrected chi connectivity index (χ2v) is 6.52. The molecular weight excluding hydrogens is 346 g/mol. The largest absolute Gasteiger partial charge is 0.431 e. The van der Waals surface area contributed by atoms with E-state index in [9.17, 15) is 4.79 Å². The molecule has 0 fully saturated rings. The number of thioether (sulfide) groups is 1. The number of pyridine rings is 1. The molecule has 1 N–H and O–H groups in total. The zero-order valence-corrected chi connectivity index (χ0v) is 14.6. The Labute approximate surface area is 154 Å². The van der Waals surface area contributed by atoms with Gasteiger partial charge in [0.05, 0.1) is 11.9 Å². The first-order valence-corrected chi connectivity index (χ1v) is 9.06. The highest BCUT2D eigenvalue weighted by Gasteiger charge is 2.13. The van der Waals surface area contributed by atoms with Gasteiger partial charge in [-0.1, -0.05) is 42.1 Å². The number of fused-ring (bicyclic) bond motifs is 1. The molecule has 0 atom stereocenters. The SMILES string of the molecule is O=C(Nc1cccnc1)c1ccccc1CSc1nc2ccccc2o1. The zero-order valence-electron chi connectivity index (χ0n) is 13.8. The summed E-state index contributed by atoms with van der Waals surface area (Å²) in [4.78, 5) is 21.1. The van der Waals surface area contributed by atoms with Gasteiger partial charge in [0.15, 0.2) is 5.58 Å². The van der Waals surface area contributed by atoms with Crippen LogP contribution in [0.3, 0.4) is 0 Å². The van der Waals surface area contributed by atoms with Crippen LogP contribution in [0.5, 0.6) is 0 Å². The van der Waals surface area contributed by atoms with E-state index in [4.69, 9.17) is 4.42 Å². The third-order valence-electron chi connectivity index (χ3n) is 3.81. The number of hydrogen-bond acceptors (Lipinski definition) is 5. The lowest BCUT2D eigenvalue weighted by atomic mass is 10.1. The molecule has 2 heterocycles. The van der Waals surface area contributed by atoms with Crippen LogP contribution >= 0.6 is 11.8 Å². The first-order valence-electron chi connectivity index (χ1n) is 8.07. The van der Waals surface area contributed by atoms with Crippen molar-refractivity contribution in [1.29, 1.82) is 0 Å². The zero-order chi connectivity index (χ0) is 17.8. The first kappa shape index (κ1) is 16.4. The number of benzene rings is 2. The van der Waals surface area contributed by atoms with E-state index in [-0.39, 0.29) is 5.91 Å². The van der Waals surface area contributed by atoms with Crippen LogP contribution in [0.4, 0.5) is 5.69 Å². The molecule has 26 heavy (non-hydrogen) atoms. The van der Waals surface area contributed by atoms with Crippen molar-refractivity contribution in [1.82, 2.24) is 9.97 Å². The van der Waals surface area contributed by atoms with E-state index in [2.05, 4.69) is 15.3 Å². The lowest BCUT2D eigenvalue weighted by Crippen LogP contribution is -2.14. The Bertz CT molecular complexity index is 1010. The van der Waals surface area contributed by atoms with Gasteiger partial charge in [-0.25, -0.2) is 4.98 Å². The fourth-order valence-corrected chi connectivity index (χ4v) is 3.40. The van der Waals surface area contributed by atoms with Crippen LogP contribution in [-0.2, 0) is 5.75 Å². The van der Waals surface area contributed by atoms with Crippen LogP contribution in [0.2, 0.25) is 0 Å². The molecular formula is C20H15N3O2S. The van der Waals surface area contributed by atoms with Gasteiger partial charge in [-0.2, -0.15) is 0 Å². The molecule has 0 radical (unpaired) electrons. The fourth-order valence-electron chi connectivity index (χ4n) is 2.56. The predicted molar refractivity (Wildman–Crippen MR) is 102 cm³/mol. The Morgan fingerprint density at radius 2 is 1.88 bits per heavy atom. The summed E-state index contributed by atoms with van der Waals surface area (Å²) in [6.07, 6.45) is 3.29. The van der Waals surface area contributed by atoms with Crippen molar-refractivity contribution in [3.05, 3.63) is 84.2 Å². The summed E-state index contributed by atoms with van der Waals surface area (Å²) in [5.74, 6) is 0.426. The summed E-state index contributed by atoms with van der Waals surface area (Å²) < 4.78 is 5.73. The molecule has 2 aromatic carbocycles. The predicted octanol–water partition coefficient (Wildman–Crippen LogP) is 4.77. The summed E-state index contributed by atoms with van der Waals surface area (Å²) in [6, 6.07) is 18.8. The minimum absolute atomic E-state index is 0.160. The van der Waals surface area contributed by atoms with Gasteiger partial charge in [0.2, 0.25) is 0 Å². The maximum Gasteiger partial charge on any atom is 0.257 e. The van der Waals surface area contributed by atoms with E-state index in [1.165, 1.54) is 11.8 Å². The molecule has 0 aliphatic rings. The molecule has 4 aromatic rings. The Hall–Kier alpha value is -3.12. The normalized spacial score (nSPS) is 10.8. The average Bonchev–Trinajstić information content (AvgIpc) is 3.10. The topological polar surface area (TPSA) is 68.0 Å². The van der Waals surface area contributed by atoms with Gasteiger partial charge >= 0.3 is 0 Å². The number of oxazole rings is 1. The van der Waals surface area contributed by atoms with E-state index >= 15 is 0 Å². The summed E-state index contributed by atoms with van der Waals surface area (Å²) in [6.45, 7) is 0. The third-order valence-corrected chi connectivity index (χ3v) is 4.68. The number of aromatic nitrogens is 2. The van der Waals surface area contributed by atoms with Gasteiger partial charge in [0, 0.05) is 17.5 Å². The van der Waals surface area contributed by atoms with E-state index in [1.807, 2.05) is 48.5 Å². The molecule has 0 saturated heterocycles. The standard InChI is InChI=1S/C20H15N3O2S/c24-19(22-15-7-5-11-21-12-15)16-8-2-1-6-14(16)13-26-20-23-17-9-3-4-10-18(17)25-20/h1-12H,13H2,(H,22,24). The van der Waals surface area contributed by atoms with Crippen LogP contribution in [0, 0.1) is 0 Å². The van der Waals surface area contributed by atoms with Crippen molar-refractivity contribution in [2.45, 2.75) is 11.0 Å². The highest BCUT2D eigenvalue weighted by molar-refractivity contribution is 7.98. The van der Waals surface area contributed by atoms with Crippen LogP contribution < -0.4 is 5.32 Å². The van der Waals surface area contributed by atoms with E-state index in [1.54, 1.807) is 24.5 Å². The number of para-hydroxylation sites is 2. The molecule has 4 rings (SSSR count). The molecule has 0 saturated carbocycles. The van der Waals surface area contributed by atoms with Crippen LogP contribution in [0.25, 0.3) is 11.1 Å². The van der Waals surface area contributed by atoms with Crippen LogP contribution in [-0.4, -0.2) is 15.9 Å². The van der Waals surface area contributed by atoms with Gasteiger partial charge in [0.1, 0.15) is 5.52 Å². The molecule has 0 aliphatic heterocycles. The number of carbonyl (C=O) groups excluding carboxylic acids is 1. The summed E-state index contributed by atoms with van der Waals surface area (Å²) in [5, 5.41) is 3.46. The molecule has 128 valence electrons. The fraction of sp³-hybridized carbons (Fsp3) is 0.0500. The van der Waals surface area contributed by atoms with Crippen molar-refractivity contribution >= 4 is 34.5 Å². The number of nitrogens with zero attached hydrogens (tertiary/aromatic N) is 2. The van der Waals surface area contributed by atoms with Gasteiger partial charge in [-0.3, -0.25) is 9.78 Å². The minimum atomic E-state index is -0.160. The third kappa shape index (κ3) is 3.60. The number of carbonyl (C=O) groups is 1. The van der Waals surface area contributed by atoms with Crippen molar-refractivity contribution in [3.8, 4) is 0 Å². The summed E-state index contributed by atoms with van der Waals surface area (Å²) >= 11 is 1.47. The molecule has 0 aliphatic carbocycles. The maximum absolute atomic E-state index is 12.6. The lowest BCUT2D eigenvalue weighted by Gasteiger charge is -2.09. The van der Waals surface area contributed by atoms with E-state index in [0.29, 0.717) is 22.2 Å². The second kappa shape index (κ2) is 7.41. The summed E-state index contributed by atoms with van der Waals surface area (Å²) in [5.41, 5.74) is 3.80. The number of hydrogen-bond donors (Lipinski definition) is 1. The quantitative estimate of drug-likeness (QED) is 0.519. The number of anilines is 1. The number of amides is 1. The molecule has 0 bridgehead atoms. The molecule has 5 nitrogen and oxygen atoms in total. The number of nitrogens with one attached hydrogen (secondary N) is 1. The molecule has 1 amide bonds. The molecule has 0 spiro atoms. The van der Waals surface area contributed by atoms with E-state index < -0.39 is 0 Å². The van der Waals surface area contributed by atoms with Crippen molar-refractivity contribution in [3.63, 3.8) is 0 Å². The minimum Gasteiger partial charge on any atom is -0.431 e.